The lowest BCUT2D eigenvalue weighted by atomic mass is 9.94. The first-order valence-electron chi connectivity index (χ1n) is 7.90. The molecule has 1 aromatic rings. The van der Waals surface area contributed by atoms with E-state index < -0.39 is 0 Å². The molecule has 1 aliphatic heterocycles. The van der Waals surface area contributed by atoms with E-state index in [1.165, 1.54) is 36.9 Å². The Kier molecular flexibility index (Phi) is 3.65. The second-order valence-electron chi connectivity index (χ2n) is 6.43. The van der Waals surface area contributed by atoms with Crippen molar-refractivity contribution in [3.05, 3.63) is 22.9 Å². The van der Waals surface area contributed by atoms with Crippen LogP contribution in [0.2, 0.25) is 0 Å². The van der Waals surface area contributed by atoms with Gasteiger partial charge in [0.1, 0.15) is 11.9 Å². The van der Waals surface area contributed by atoms with Crippen molar-refractivity contribution in [2.45, 2.75) is 58.4 Å². The van der Waals surface area contributed by atoms with Crippen LogP contribution in [0.4, 0.5) is 5.82 Å². The minimum absolute atomic E-state index is 0.538. The molecule has 1 saturated heterocycles. The minimum Gasteiger partial charge on any atom is -0.352 e. The lowest BCUT2D eigenvalue weighted by Gasteiger charge is -2.30. The normalized spacial score (nSPS) is 21.9. The predicted octanol–water partition coefficient (Wildman–Crippen LogP) is 3.46. The van der Waals surface area contributed by atoms with Crippen LogP contribution >= 0.6 is 0 Å². The number of hydrogen-bond donors (Lipinski definition) is 0. The van der Waals surface area contributed by atoms with E-state index in [9.17, 15) is 5.26 Å². The molecule has 0 spiro atoms. The zero-order valence-corrected chi connectivity index (χ0v) is 12.5. The van der Waals surface area contributed by atoms with Crippen molar-refractivity contribution in [3.63, 3.8) is 0 Å². The summed E-state index contributed by atoms with van der Waals surface area (Å²) in [5.74, 6) is 1.56. The van der Waals surface area contributed by atoms with Gasteiger partial charge in [0, 0.05) is 18.3 Å². The van der Waals surface area contributed by atoms with Crippen LogP contribution in [0.1, 0.15) is 56.4 Å². The average molecular weight is 269 g/mol. The number of fused-ring (bicyclic) bond motifs is 1. The van der Waals surface area contributed by atoms with Crippen molar-refractivity contribution >= 4 is 5.82 Å². The van der Waals surface area contributed by atoms with Crippen molar-refractivity contribution in [1.82, 2.24) is 4.98 Å². The van der Waals surface area contributed by atoms with Crippen molar-refractivity contribution < 1.29 is 0 Å². The maximum Gasteiger partial charge on any atom is 0.147 e. The average Bonchev–Trinajstić information content (AvgIpc) is 2.95. The molecule has 3 heteroatoms. The maximum absolute atomic E-state index is 9.49. The maximum atomic E-state index is 9.49. The van der Waals surface area contributed by atoms with Gasteiger partial charge in [-0.2, -0.15) is 5.26 Å². The highest BCUT2D eigenvalue weighted by molar-refractivity contribution is 5.57. The quantitative estimate of drug-likeness (QED) is 0.825. The first-order chi connectivity index (χ1) is 9.70. The van der Waals surface area contributed by atoms with E-state index in [0.717, 1.165) is 30.8 Å². The van der Waals surface area contributed by atoms with Crippen LogP contribution < -0.4 is 4.90 Å². The van der Waals surface area contributed by atoms with Gasteiger partial charge in [0.15, 0.2) is 0 Å². The third-order valence-corrected chi connectivity index (χ3v) is 4.74. The number of aromatic nitrogens is 1. The van der Waals surface area contributed by atoms with Crippen molar-refractivity contribution in [2.75, 3.05) is 11.4 Å². The Bertz CT molecular complexity index is 542. The molecular formula is C17H23N3. The molecule has 3 nitrogen and oxygen atoms in total. The summed E-state index contributed by atoms with van der Waals surface area (Å²) < 4.78 is 0. The molecule has 1 fully saturated rings. The Morgan fingerprint density at radius 2 is 2.10 bits per heavy atom. The molecule has 3 rings (SSSR count). The van der Waals surface area contributed by atoms with Crippen molar-refractivity contribution in [1.29, 1.82) is 5.26 Å². The Morgan fingerprint density at radius 1 is 1.30 bits per heavy atom. The lowest BCUT2D eigenvalue weighted by Crippen LogP contribution is -2.35. The predicted molar refractivity (Wildman–Crippen MR) is 80.8 cm³/mol. The Balaban J connectivity index is 2.02. The molecule has 20 heavy (non-hydrogen) atoms. The Morgan fingerprint density at radius 3 is 2.85 bits per heavy atom. The van der Waals surface area contributed by atoms with E-state index in [2.05, 4.69) is 30.9 Å². The van der Waals surface area contributed by atoms with Gasteiger partial charge in [-0.05, 0) is 56.1 Å². The zero-order valence-electron chi connectivity index (χ0n) is 12.5. The lowest BCUT2D eigenvalue weighted by molar-refractivity contribution is 0.488. The number of nitriles is 1. The molecule has 1 unspecified atom stereocenters. The molecule has 0 N–H and O–H groups in total. The first kappa shape index (κ1) is 13.4. The summed E-state index contributed by atoms with van der Waals surface area (Å²) in [6.07, 6.45) is 7.07. The van der Waals surface area contributed by atoms with Crippen molar-refractivity contribution in [3.8, 4) is 6.07 Å². The molecule has 0 amide bonds. The number of hydrogen-bond acceptors (Lipinski definition) is 3. The number of nitrogens with zero attached hydrogens (tertiary/aromatic N) is 3. The van der Waals surface area contributed by atoms with E-state index in [4.69, 9.17) is 4.98 Å². The van der Waals surface area contributed by atoms with E-state index in [1.54, 1.807) is 0 Å². The van der Waals surface area contributed by atoms with E-state index in [1.807, 2.05) is 0 Å². The molecular weight excluding hydrogens is 246 g/mol. The summed E-state index contributed by atoms with van der Waals surface area (Å²) in [6.45, 7) is 5.59. The van der Waals surface area contributed by atoms with Crippen LogP contribution in [0.5, 0.6) is 0 Å². The van der Waals surface area contributed by atoms with Gasteiger partial charge in [0.25, 0.3) is 0 Å². The summed E-state index contributed by atoms with van der Waals surface area (Å²) >= 11 is 0. The second kappa shape index (κ2) is 5.44. The molecule has 0 bridgehead atoms. The van der Waals surface area contributed by atoms with Gasteiger partial charge in [0.2, 0.25) is 0 Å². The second-order valence-corrected chi connectivity index (χ2v) is 6.43. The van der Waals surface area contributed by atoms with E-state index in [-0.39, 0.29) is 0 Å². The van der Waals surface area contributed by atoms with Crippen LogP contribution in [0.3, 0.4) is 0 Å². The van der Waals surface area contributed by atoms with Crippen molar-refractivity contribution in [2.24, 2.45) is 5.92 Å². The van der Waals surface area contributed by atoms with Gasteiger partial charge in [-0.1, -0.05) is 13.8 Å². The fourth-order valence-corrected chi connectivity index (χ4v) is 3.67. The number of aryl methyl sites for hydroxylation is 2. The summed E-state index contributed by atoms with van der Waals surface area (Å²) in [5.41, 5.74) is 3.31. The molecule has 1 aromatic heterocycles. The highest BCUT2D eigenvalue weighted by Gasteiger charge is 2.30. The first-order valence-corrected chi connectivity index (χ1v) is 7.90. The third kappa shape index (κ3) is 2.28. The van der Waals surface area contributed by atoms with E-state index in [0.29, 0.717) is 12.0 Å². The molecule has 1 aliphatic carbocycles. The topological polar surface area (TPSA) is 39.9 Å². The van der Waals surface area contributed by atoms with Gasteiger partial charge in [-0.15, -0.1) is 0 Å². The minimum atomic E-state index is 0.538. The van der Waals surface area contributed by atoms with Gasteiger partial charge in [-0.3, -0.25) is 0 Å². The molecule has 2 aliphatic rings. The number of anilines is 1. The molecule has 0 saturated carbocycles. The van der Waals surface area contributed by atoms with Crippen LogP contribution in [0.15, 0.2) is 6.07 Å². The fraction of sp³-hybridized carbons (Fsp3) is 0.647. The summed E-state index contributed by atoms with van der Waals surface area (Å²) in [5, 5.41) is 9.49. The summed E-state index contributed by atoms with van der Waals surface area (Å²) in [7, 11) is 0. The zero-order chi connectivity index (χ0) is 14.1. The van der Waals surface area contributed by atoms with Crippen LogP contribution in [-0.2, 0) is 12.8 Å². The number of rotatable bonds is 2. The van der Waals surface area contributed by atoms with Gasteiger partial charge in [-0.25, -0.2) is 4.98 Å². The molecule has 0 radical (unpaired) electrons. The monoisotopic (exact) mass is 269 g/mol. The molecule has 0 aromatic carbocycles. The SMILES string of the molecule is CC(C)C1CCCN1c1nc2c(cc1C#N)CCCC2. The molecule has 106 valence electrons. The standard InChI is InChI=1S/C17H23N3/c1-12(2)16-8-5-9-20(16)17-14(11-18)10-13-6-3-4-7-15(13)19-17/h10,12,16H,3-9H2,1-2H3. The largest absolute Gasteiger partial charge is 0.352 e. The van der Waals surface area contributed by atoms with Gasteiger partial charge >= 0.3 is 0 Å². The highest BCUT2D eigenvalue weighted by Crippen LogP contribution is 2.33. The summed E-state index contributed by atoms with van der Waals surface area (Å²) in [4.78, 5) is 7.29. The Labute approximate surface area is 121 Å². The smallest absolute Gasteiger partial charge is 0.147 e. The Hall–Kier alpha value is -1.56. The molecule has 2 heterocycles. The number of pyridine rings is 1. The molecule has 1 atom stereocenters. The van der Waals surface area contributed by atoms with E-state index >= 15 is 0 Å². The third-order valence-electron chi connectivity index (χ3n) is 4.74. The van der Waals surface area contributed by atoms with Gasteiger partial charge in [0.05, 0.1) is 5.56 Å². The van der Waals surface area contributed by atoms with Crippen LogP contribution in [-0.4, -0.2) is 17.6 Å². The van der Waals surface area contributed by atoms with Crippen LogP contribution in [0, 0.1) is 17.2 Å². The fourth-order valence-electron chi connectivity index (χ4n) is 3.67. The highest BCUT2D eigenvalue weighted by atomic mass is 15.2. The van der Waals surface area contributed by atoms with Gasteiger partial charge < -0.3 is 4.90 Å². The van der Waals surface area contributed by atoms with Crippen LogP contribution in [0.25, 0.3) is 0 Å². The summed E-state index contributed by atoms with van der Waals surface area (Å²) in [6, 6.07) is 5.02.